The van der Waals surface area contributed by atoms with Gasteiger partial charge in [0.2, 0.25) is 0 Å². The fourth-order valence-electron chi connectivity index (χ4n) is 2.43. The summed E-state index contributed by atoms with van der Waals surface area (Å²) in [5.74, 6) is 5.21. The van der Waals surface area contributed by atoms with Crippen molar-refractivity contribution in [3.8, 4) is 0 Å². The number of rotatable bonds is 3. The van der Waals surface area contributed by atoms with Crippen LogP contribution in [-0.2, 0) is 4.84 Å². The lowest BCUT2D eigenvalue weighted by molar-refractivity contribution is 0.00992. The van der Waals surface area contributed by atoms with E-state index >= 15 is 0 Å². The van der Waals surface area contributed by atoms with Gasteiger partial charge in [-0.25, -0.2) is 5.90 Å². The summed E-state index contributed by atoms with van der Waals surface area (Å²) in [7, 11) is 1.85. The summed E-state index contributed by atoms with van der Waals surface area (Å²) in [5.41, 5.74) is 0.636. The predicted molar refractivity (Wildman–Crippen MR) is 67.6 cm³/mol. The molecule has 1 aromatic rings. The minimum Gasteiger partial charge on any atom is -0.339 e. The van der Waals surface area contributed by atoms with Crippen molar-refractivity contribution in [2.75, 3.05) is 7.05 Å². The van der Waals surface area contributed by atoms with Crippen LogP contribution in [0, 0.1) is 0 Å². The molecule has 1 amide bonds. The van der Waals surface area contributed by atoms with Crippen LogP contribution in [0.15, 0.2) is 24.5 Å². The van der Waals surface area contributed by atoms with Gasteiger partial charge in [-0.15, -0.1) is 0 Å². The number of hydrogen-bond acceptors (Lipinski definition) is 4. The lowest BCUT2D eigenvalue weighted by Crippen LogP contribution is -2.41. The van der Waals surface area contributed by atoms with Crippen LogP contribution < -0.4 is 5.90 Å². The van der Waals surface area contributed by atoms with Crippen molar-refractivity contribution in [3.63, 3.8) is 0 Å². The van der Waals surface area contributed by atoms with Crippen LogP contribution >= 0.6 is 0 Å². The van der Waals surface area contributed by atoms with E-state index in [1.165, 1.54) is 0 Å². The van der Waals surface area contributed by atoms with E-state index in [1.54, 1.807) is 24.5 Å². The zero-order valence-corrected chi connectivity index (χ0v) is 10.6. The predicted octanol–water partition coefficient (Wildman–Crippen LogP) is 1.36. The van der Waals surface area contributed by atoms with Gasteiger partial charge in [-0.2, -0.15) is 0 Å². The molecule has 0 atom stereocenters. The molecule has 98 valence electrons. The maximum atomic E-state index is 12.2. The molecule has 5 nitrogen and oxygen atoms in total. The minimum atomic E-state index is 0.0280. The van der Waals surface area contributed by atoms with E-state index in [4.69, 9.17) is 10.7 Å². The molecule has 1 heterocycles. The van der Waals surface area contributed by atoms with Gasteiger partial charge >= 0.3 is 0 Å². The molecule has 0 aromatic carbocycles. The number of carbonyl (C=O) groups is 1. The molecule has 1 aliphatic carbocycles. The lowest BCUT2D eigenvalue weighted by atomic mass is 9.92. The Hall–Kier alpha value is -1.46. The van der Waals surface area contributed by atoms with E-state index in [2.05, 4.69) is 4.98 Å². The topological polar surface area (TPSA) is 68.5 Å². The third kappa shape index (κ3) is 2.86. The second kappa shape index (κ2) is 5.93. The van der Waals surface area contributed by atoms with Gasteiger partial charge in [0.25, 0.3) is 5.91 Å². The first kappa shape index (κ1) is 13.0. The van der Waals surface area contributed by atoms with Gasteiger partial charge in [0.05, 0.1) is 11.7 Å². The number of nitrogens with zero attached hydrogens (tertiary/aromatic N) is 2. The number of amides is 1. The summed E-state index contributed by atoms with van der Waals surface area (Å²) in [4.78, 5) is 22.9. The number of carbonyl (C=O) groups excluding carboxylic acids is 1. The molecule has 0 aliphatic heterocycles. The fraction of sp³-hybridized carbons (Fsp3) is 0.538. The van der Waals surface area contributed by atoms with Crippen LogP contribution in [0.1, 0.15) is 36.0 Å². The van der Waals surface area contributed by atoms with E-state index in [1.807, 2.05) is 11.9 Å². The molecule has 18 heavy (non-hydrogen) atoms. The molecular weight excluding hydrogens is 230 g/mol. The van der Waals surface area contributed by atoms with Crippen molar-refractivity contribution >= 4 is 5.91 Å². The average molecular weight is 249 g/mol. The Kier molecular flexibility index (Phi) is 4.28. The maximum absolute atomic E-state index is 12.2. The summed E-state index contributed by atoms with van der Waals surface area (Å²) in [5, 5.41) is 0. The summed E-state index contributed by atoms with van der Waals surface area (Å²) >= 11 is 0. The standard InChI is InChI=1S/C13H19N3O2/c1-16(11-4-6-12(18-14)7-5-11)13(17)10-3-2-8-15-9-10/h2-3,8-9,11-12H,4-7,14H2,1H3. The Labute approximate surface area is 107 Å². The van der Waals surface area contributed by atoms with Gasteiger partial charge in [-0.3, -0.25) is 9.78 Å². The Morgan fingerprint density at radius 1 is 1.44 bits per heavy atom. The molecule has 0 bridgehead atoms. The van der Waals surface area contributed by atoms with Gasteiger partial charge in [0.15, 0.2) is 0 Å². The molecule has 0 spiro atoms. The second-order valence-electron chi connectivity index (χ2n) is 4.72. The van der Waals surface area contributed by atoms with Crippen LogP contribution in [0.3, 0.4) is 0 Å². The van der Waals surface area contributed by atoms with Crippen molar-refractivity contribution in [1.82, 2.24) is 9.88 Å². The molecule has 2 rings (SSSR count). The van der Waals surface area contributed by atoms with E-state index in [0.29, 0.717) is 5.56 Å². The molecule has 0 unspecified atom stereocenters. The van der Waals surface area contributed by atoms with Crippen LogP contribution in [-0.4, -0.2) is 35.0 Å². The molecule has 1 aromatic heterocycles. The van der Waals surface area contributed by atoms with Gasteiger partial charge < -0.3 is 9.74 Å². The quantitative estimate of drug-likeness (QED) is 0.821. The highest BCUT2D eigenvalue weighted by Gasteiger charge is 2.27. The summed E-state index contributed by atoms with van der Waals surface area (Å²) < 4.78 is 0. The monoisotopic (exact) mass is 249 g/mol. The van der Waals surface area contributed by atoms with Gasteiger partial charge in [-0.1, -0.05) is 0 Å². The number of aromatic nitrogens is 1. The SMILES string of the molecule is CN(C(=O)c1cccnc1)C1CCC(ON)CC1. The van der Waals surface area contributed by atoms with Crippen molar-refractivity contribution in [2.45, 2.75) is 37.8 Å². The Bertz CT molecular complexity index is 388. The van der Waals surface area contributed by atoms with Crippen LogP contribution in [0.25, 0.3) is 0 Å². The third-order valence-electron chi connectivity index (χ3n) is 3.61. The molecular formula is C13H19N3O2. The highest BCUT2D eigenvalue weighted by Crippen LogP contribution is 2.24. The molecule has 5 heteroatoms. The van der Waals surface area contributed by atoms with E-state index in [9.17, 15) is 4.79 Å². The number of hydrogen-bond donors (Lipinski definition) is 1. The molecule has 2 N–H and O–H groups in total. The smallest absolute Gasteiger partial charge is 0.255 e. The molecule has 1 saturated carbocycles. The second-order valence-corrected chi connectivity index (χ2v) is 4.72. The highest BCUT2D eigenvalue weighted by molar-refractivity contribution is 5.93. The van der Waals surface area contributed by atoms with Crippen LogP contribution in [0.5, 0.6) is 0 Å². The molecule has 0 radical (unpaired) electrons. The first-order valence-corrected chi connectivity index (χ1v) is 6.25. The lowest BCUT2D eigenvalue weighted by Gasteiger charge is -2.33. The summed E-state index contributed by atoms with van der Waals surface area (Å²) in [6, 6.07) is 3.84. The number of pyridine rings is 1. The largest absolute Gasteiger partial charge is 0.339 e. The Morgan fingerprint density at radius 3 is 2.72 bits per heavy atom. The van der Waals surface area contributed by atoms with E-state index < -0.39 is 0 Å². The Morgan fingerprint density at radius 2 is 2.17 bits per heavy atom. The molecule has 1 fully saturated rings. The van der Waals surface area contributed by atoms with Crippen molar-refractivity contribution < 1.29 is 9.63 Å². The zero-order chi connectivity index (χ0) is 13.0. The normalized spacial score (nSPS) is 23.7. The van der Waals surface area contributed by atoms with Crippen molar-refractivity contribution in [3.05, 3.63) is 30.1 Å². The van der Waals surface area contributed by atoms with Crippen molar-refractivity contribution in [1.29, 1.82) is 0 Å². The first-order valence-electron chi connectivity index (χ1n) is 6.25. The minimum absolute atomic E-state index is 0.0280. The third-order valence-corrected chi connectivity index (χ3v) is 3.61. The van der Waals surface area contributed by atoms with Crippen LogP contribution in [0.4, 0.5) is 0 Å². The maximum Gasteiger partial charge on any atom is 0.255 e. The van der Waals surface area contributed by atoms with Gasteiger partial charge in [0, 0.05) is 25.5 Å². The Balaban J connectivity index is 1.96. The fourth-order valence-corrected chi connectivity index (χ4v) is 2.43. The van der Waals surface area contributed by atoms with Crippen LogP contribution in [0.2, 0.25) is 0 Å². The first-order chi connectivity index (χ1) is 8.72. The molecule has 0 saturated heterocycles. The highest BCUT2D eigenvalue weighted by atomic mass is 16.6. The average Bonchev–Trinajstić information content (AvgIpc) is 2.47. The van der Waals surface area contributed by atoms with Gasteiger partial charge in [-0.05, 0) is 37.8 Å². The summed E-state index contributed by atoms with van der Waals surface area (Å²) in [6.07, 6.45) is 7.10. The van der Waals surface area contributed by atoms with Gasteiger partial charge in [0.1, 0.15) is 0 Å². The van der Waals surface area contributed by atoms with Crippen molar-refractivity contribution in [2.24, 2.45) is 5.90 Å². The number of nitrogens with two attached hydrogens (primary N) is 1. The molecule has 1 aliphatic rings. The zero-order valence-electron chi connectivity index (χ0n) is 10.6. The van der Waals surface area contributed by atoms with E-state index in [-0.39, 0.29) is 18.1 Å². The van der Waals surface area contributed by atoms with E-state index in [0.717, 1.165) is 25.7 Å². The summed E-state index contributed by atoms with van der Waals surface area (Å²) in [6.45, 7) is 0.